The zero-order chi connectivity index (χ0) is 12.8. The highest BCUT2D eigenvalue weighted by molar-refractivity contribution is 9.10. The summed E-state index contributed by atoms with van der Waals surface area (Å²) in [6, 6.07) is 3.72. The molecule has 1 aromatic carbocycles. The van der Waals surface area contributed by atoms with Gasteiger partial charge in [0.05, 0.1) is 6.61 Å². The highest BCUT2D eigenvalue weighted by atomic mass is 79.9. The minimum absolute atomic E-state index is 0.151. The van der Waals surface area contributed by atoms with Crippen LogP contribution in [0.4, 0.5) is 4.39 Å². The Morgan fingerprint density at radius 2 is 2.29 bits per heavy atom. The number of nitrogens with two attached hydrogens (primary N) is 1. The van der Waals surface area contributed by atoms with Crippen molar-refractivity contribution in [3.05, 3.63) is 34.1 Å². The fourth-order valence-corrected chi connectivity index (χ4v) is 1.80. The van der Waals surface area contributed by atoms with E-state index in [0.29, 0.717) is 10.0 Å². The molecule has 94 valence electrons. The summed E-state index contributed by atoms with van der Waals surface area (Å²) < 4.78 is 18.4. The third-order valence-corrected chi connectivity index (χ3v) is 2.53. The summed E-state index contributed by atoms with van der Waals surface area (Å²) in [5.74, 6) is -0.683. The van der Waals surface area contributed by atoms with Gasteiger partial charge in [0, 0.05) is 18.1 Å². The van der Waals surface area contributed by atoms with E-state index in [1.807, 2.05) is 0 Å². The van der Waals surface area contributed by atoms with Crippen LogP contribution < -0.4 is 11.1 Å². The van der Waals surface area contributed by atoms with Crippen LogP contribution in [0.3, 0.4) is 0 Å². The molecule has 3 N–H and O–H groups in total. The standard InChI is InChI=1S/C11H14BrFN2O2/c1-17-6-10(14)11(16)15-5-7-2-8(12)4-9(13)3-7/h2-4,10H,5-6,14H2,1H3,(H,15,16). The van der Waals surface area contributed by atoms with E-state index in [0.717, 1.165) is 0 Å². The van der Waals surface area contributed by atoms with E-state index in [-0.39, 0.29) is 24.9 Å². The van der Waals surface area contributed by atoms with Gasteiger partial charge in [0.1, 0.15) is 11.9 Å². The van der Waals surface area contributed by atoms with Crippen LogP contribution in [0.1, 0.15) is 5.56 Å². The van der Waals surface area contributed by atoms with Crippen molar-refractivity contribution >= 4 is 21.8 Å². The number of halogens is 2. The van der Waals surface area contributed by atoms with E-state index in [1.165, 1.54) is 19.2 Å². The number of carbonyl (C=O) groups is 1. The molecule has 0 saturated carbocycles. The molecule has 0 aliphatic carbocycles. The lowest BCUT2D eigenvalue weighted by Crippen LogP contribution is -2.43. The number of ether oxygens (including phenoxy) is 1. The third-order valence-electron chi connectivity index (χ3n) is 2.07. The minimum Gasteiger partial charge on any atom is -0.383 e. The van der Waals surface area contributed by atoms with E-state index in [1.54, 1.807) is 6.07 Å². The van der Waals surface area contributed by atoms with Crippen molar-refractivity contribution in [2.45, 2.75) is 12.6 Å². The number of amides is 1. The minimum atomic E-state index is -0.711. The smallest absolute Gasteiger partial charge is 0.239 e. The zero-order valence-corrected chi connectivity index (χ0v) is 11.0. The van der Waals surface area contributed by atoms with Gasteiger partial charge in [0.15, 0.2) is 0 Å². The molecule has 0 fully saturated rings. The average Bonchev–Trinajstić information content (AvgIpc) is 2.25. The molecule has 0 aromatic heterocycles. The van der Waals surface area contributed by atoms with Gasteiger partial charge >= 0.3 is 0 Å². The summed E-state index contributed by atoms with van der Waals surface area (Å²) in [4.78, 5) is 11.5. The number of rotatable bonds is 5. The molecule has 1 aromatic rings. The summed E-state index contributed by atoms with van der Waals surface area (Å²) in [5.41, 5.74) is 6.19. The third kappa shape index (κ3) is 4.80. The van der Waals surface area contributed by atoms with Crippen LogP contribution in [-0.4, -0.2) is 25.7 Å². The number of hydrogen-bond acceptors (Lipinski definition) is 3. The summed E-state index contributed by atoms with van der Waals surface area (Å²) in [7, 11) is 1.47. The van der Waals surface area contributed by atoms with Crippen molar-refractivity contribution in [3.63, 3.8) is 0 Å². The molecule has 1 atom stereocenters. The number of benzene rings is 1. The van der Waals surface area contributed by atoms with Gasteiger partial charge in [-0.2, -0.15) is 0 Å². The van der Waals surface area contributed by atoms with Gasteiger partial charge in [-0.05, 0) is 23.8 Å². The number of nitrogens with one attached hydrogen (secondary N) is 1. The van der Waals surface area contributed by atoms with Gasteiger partial charge in [-0.1, -0.05) is 15.9 Å². The van der Waals surface area contributed by atoms with E-state index in [2.05, 4.69) is 21.2 Å². The zero-order valence-electron chi connectivity index (χ0n) is 9.37. The van der Waals surface area contributed by atoms with Gasteiger partial charge in [-0.3, -0.25) is 4.79 Å². The van der Waals surface area contributed by atoms with E-state index >= 15 is 0 Å². The van der Waals surface area contributed by atoms with Gasteiger partial charge < -0.3 is 15.8 Å². The van der Waals surface area contributed by atoms with Crippen molar-refractivity contribution in [2.24, 2.45) is 5.73 Å². The largest absolute Gasteiger partial charge is 0.383 e. The predicted molar refractivity (Wildman–Crippen MR) is 65.8 cm³/mol. The molecule has 6 heteroatoms. The quantitative estimate of drug-likeness (QED) is 0.858. The molecule has 4 nitrogen and oxygen atoms in total. The van der Waals surface area contributed by atoms with Crippen molar-refractivity contribution in [2.75, 3.05) is 13.7 Å². The topological polar surface area (TPSA) is 64.3 Å². The van der Waals surface area contributed by atoms with Gasteiger partial charge in [-0.25, -0.2) is 4.39 Å². The SMILES string of the molecule is COCC(N)C(=O)NCc1cc(F)cc(Br)c1. The maximum absolute atomic E-state index is 13.0. The van der Waals surface area contributed by atoms with Crippen LogP contribution in [0.2, 0.25) is 0 Å². The molecule has 0 radical (unpaired) electrons. The van der Waals surface area contributed by atoms with Gasteiger partial charge in [0.2, 0.25) is 5.91 Å². The molecule has 0 bridgehead atoms. The van der Waals surface area contributed by atoms with Crippen LogP contribution in [-0.2, 0) is 16.1 Å². The highest BCUT2D eigenvalue weighted by Crippen LogP contribution is 2.14. The number of methoxy groups -OCH3 is 1. The van der Waals surface area contributed by atoms with Crippen molar-refractivity contribution in [1.29, 1.82) is 0 Å². The molecule has 17 heavy (non-hydrogen) atoms. The normalized spacial score (nSPS) is 12.2. The first-order valence-corrected chi connectivity index (χ1v) is 5.79. The molecule has 0 spiro atoms. The van der Waals surface area contributed by atoms with Crippen molar-refractivity contribution < 1.29 is 13.9 Å². The Labute approximate surface area is 107 Å². The van der Waals surface area contributed by atoms with Crippen LogP contribution >= 0.6 is 15.9 Å². The van der Waals surface area contributed by atoms with Crippen LogP contribution in [0.5, 0.6) is 0 Å². The molecule has 0 heterocycles. The molecular weight excluding hydrogens is 291 g/mol. The summed E-state index contributed by atoms with van der Waals surface area (Å²) >= 11 is 3.18. The lowest BCUT2D eigenvalue weighted by molar-refractivity contribution is -0.123. The maximum Gasteiger partial charge on any atom is 0.239 e. The Morgan fingerprint density at radius 3 is 2.88 bits per heavy atom. The van der Waals surface area contributed by atoms with Crippen molar-refractivity contribution in [1.82, 2.24) is 5.32 Å². The molecule has 0 aliphatic heterocycles. The Balaban J connectivity index is 2.52. The first-order valence-electron chi connectivity index (χ1n) is 5.00. The lowest BCUT2D eigenvalue weighted by Gasteiger charge is -2.11. The second kappa shape index (κ2) is 6.68. The number of carbonyl (C=O) groups excluding carboxylic acids is 1. The Hall–Kier alpha value is -0.980. The number of hydrogen-bond donors (Lipinski definition) is 2. The first kappa shape index (κ1) is 14.1. The van der Waals surface area contributed by atoms with Crippen LogP contribution in [0, 0.1) is 5.82 Å². The van der Waals surface area contributed by atoms with Crippen LogP contribution in [0.25, 0.3) is 0 Å². The maximum atomic E-state index is 13.0. The Morgan fingerprint density at radius 1 is 1.59 bits per heavy atom. The molecule has 0 saturated heterocycles. The fourth-order valence-electron chi connectivity index (χ4n) is 1.29. The summed E-state index contributed by atoms with van der Waals surface area (Å²) in [6.45, 7) is 0.380. The second-order valence-electron chi connectivity index (χ2n) is 3.56. The predicted octanol–water partition coefficient (Wildman–Crippen LogP) is 1.18. The van der Waals surface area contributed by atoms with E-state index in [9.17, 15) is 9.18 Å². The van der Waals surface area contributed by atoms with Gasteiger partial charge in [-0.15, -0.1) is 0 Å². The summed E-state index contributed by atoms with van der Waals surface area (Å²) in [6.07, 6.45) is 0. The van der Waals surface area contributed by atoms with E-state index < -0.39 is 6.04 Å². The summed E-state index contributed by atoms with van der Waals surface area (Å²) in [5, 5.41) is 2.61. The molecule has 1 unspecified atom stereocenters. The molecule has 1 amide bonds. The Bertz CT molecular complexity index is 381. The lowest BCUT2D eigenvalue weighted by atomic mass is 10.2. The molecule has 1 rings (SSSR count). The average molecular weight is 305 g/mol. The van der Waals surface area contributed by atoms with Crippen molar-refractivity contribution in [3.8, 4) is 0 Å². The second-order valence-corrected chi connectivity index (χ2v) is 4.47. The first-order chi connectivity index (χ1) is 8.02. The molecular formula is C11H14BrFN2O2. The van der Waals surface area contributed by atoms with E-state index in [4.69, 9.17) is 10.5 Å². The molecule has 0 aliphatic rings. The van der Waals surface area contributed by atoms with Gasteiger partial charge in [0.25, 0.3) is 0 Å². The van der Waals surface area contributed by atoms with Crippen LogP contribution in [0.15, 0.2) is 22.7 Å². The highest BCUT2D eigenvalue weighted by Gasteiger charge is 2.12. The Kier molecular flexibility index (Phi) is 5.54. The monoisotopic (exact) mass is 304 g/mol. The fraction of sp³-hybridized carbons (Fsp3) is 0.364.